The Morgan fingerprint density at radius 3 is 2.58 bits per heavy atom. The Labute approximate surface area is 138 Å². The highest BCUT2D eigenvalue weighted by molar-refractivity contribution is 5.76. The molecule has 2 heterocycles. The van der Waals surface area contributed by atoms with Crippen LogP contribution in [0.15, 0.2) is 48.9 Å². The zero-order valence-corrected chi connectivity index (χ0v) is 12.7. The third-order valence-electron chi connectivity index (χ3n) is 3.21. The zero-order valence-electron chi connectivity index (χ0n) is 12.7. The van der Waals surface area contributed by atoms with Crippen LogP contribution >= 0.6 is 0 Å². The first-order valence-electron chi connectivity index (χ1n) is 7.15. The maximum Gasteiger partial charge on any atom is 0.228 e. The van der Waals surface area contributed by atoms with Crippen LogP contribution in [-0.2, 0) is 11.2 Å². The molecule has 0 unspecified atom stereocenters. The van der Waals surface area contributed by atoms with E-state index in [0.717, 1.165) is 16.8 Å². The maximum atomic E-state index is 10.9. The highest BCUT2D eigenvalue weighted by Crippen LogP contribution is 2.20. The number of nitrogens with zero attached hydrogens (tertiary/aromatic N) is 4. The first-order valence-corrected chi connectivity index (χ1v) is 7.15. The van der Waals surface area contributed by atoms with Crippen molar-refractivity contribution < 1.29 is 4.79 Å². The molecule has 0 aliphatic heterocycles. The molecule has 0 aliphatic carbocycles. The number of primary amides is 1. The number of nitrogens with one attached hydrogen (secondary N) is 1. The molecule has 8 heteroatoms. The quantitative estimate of drug-likeness (QED) is 0.644. The van der Waals surface area contributed by atoms with Crippen molar-refractivity contribution in [2.75, 3.05) is 11.1 Å². The molecule has 1 aromatic carbocycles. The van der Waals surface area contributed by atoms with Gasteiger partial charge in [0.25, 0.3) is 0 Å². The summed E-state index contributed by atoms with van der Waals surface area (Å²) in [7, 11) is 0. The lowest BCUT2D eigenvalue weighted by Gasteiger charge is -2.07. The Balaban J connectivity index is 1.81. The normalized spacial score (nSPS) is 10.3. The third kappa shape index (κ3) is 3.80. The van der Waals surface area contributed by atoms with E-state index in [4.69, 9.17) is 11.5 Å². The summed E-state index contributed by atoms with van der Waals surface area (Å²) in [5, 5.41) is 2.98. The van der Waals surface area contributed by atoms with Crippen LogP contribution in [0.5, 0.6) is 0 Å². The summed E-state index contributed by atoms with van der Waals surface area (Å²) < 4.78 is 0. The van der Waals surface area contributed by atoms with E-state index in [0.29, 0.717) is 17.6 Å². The number of amides is 1. The summed E-state index contributed by atoms with van der Waals surface area (Å²) in [4.78, 5) is 27.4. The summed E-state index contributed by atoms with van der Waals surface area (Å²) in [6, 6.07) is 10.8. The molecule has 2 aromatic heterocycles. The fourth-order valence-corrected chi connectivity index (χ4v) is 2.13. The van der Waals surface area contributed by atoms with Gasteiger partial charge in [-0.1, -0.05) is 24.3 Å². The molecule has 120 valence electrons. The second-order valence-corrected chi connectivity index (χ2v) is 5.06. The predicted molar refractivity (Wildman–Crippen MR) is 90.1 cm³/mol. The highest BCUT2D eigenvalue weighted by atomic mass is 16.1. The van der Waals surface area contributed by atoms with Crippen molar-refractivity contribution in [3.8, 4) is 11.3 Å². The molecular formula is C16H15N7O. The number of carbonyl (C=O) groups is 1. The van der Waals surface area contributed by atoms with Crippen molar-refractivity contribution in [1.82, 2.24) is 19.9 Å². The van der Waals surface area contributed by atoms with Crippen LogP contribution in [0, 0.1) is 0 Å². The Kier molecular flexibility index (Phi) is 4.28. The number of hydrogen-bond donors (Lipinski definition) is 3. The van der Waals surface area contributed by atoms with E-state index in [-0.39, 0.29) is 12.3 Å². The van der Waals surface area contributed by atoms with E-state index < -0.39 is 0 Å². The number of nitrogen functional groups attached to an aromatic ring is 1. The van der Waals surface area contributed by atoms with Gasteiger partial charge in [0.15, 0.2) is 0 Å². The molecule has 24 heavy (non-hydrogen) atoms. The van der Waals surface area contributed by atoms with Gasteiger partial charge < -0.3 is 16.8 Å². The molecule has 1 amide bonds. The number of hydrogen-bond acceptors (Lipinski definition) is 7. The van der Waals surface area contributed by atoms with Crippen molar-refractivity contribution in [2.24, 2.45) is 5.73 Å². The Morgan fingerprint density at radius 2 is 1.88 bits per heavy atom. The van der Waals surface area contributed by atoms with Crippen molar-refractivity contribution in [1.29, 1.82) is 0 Å². The first-order chi connectivity index (χ1) is 11.6. The largest absolute Gasteiger partial charge is 0.384 e. The zero-order chi connectivity index (χ0) is 16.9. The fraction of sp³-hybridized carbons (Fsp3) is 0.0625. The van der Waals surface area contributed by atoms with Crippen molar-refractivity contribution >= 4 is 23.5 Å². The molecule has 0 atom stereocenters. The molecule has 3 aromatic rings. The number of aromatic nitrogens is 4. The molecule has 0 spiro atoms. The molecule has 8 nitrogen and oxygen atoms in total. The average molecular weight is 321 g/mol. The van der Waals surface area contributed by atoms with Crippen LogP contribution in [0.3, 0.4) is 0 Å². The lowest BCUT2D eigenvalue weighted by atomic mass is 10.1. The van der Waals surface area contributed by atoms with E-state index in [1.165, 1.54) is 6.33 Å². The minimum atomic E-state index is -0.361. The number of carbonyl (C=O) groups excluding carboxylic acids is 1. The second kappa shape index (κ2) is 6.69. The molecule has 0 aliphatic rings. The van der Waals surface area contributed by atoms with Crippen LogP contribution in [0.1, 0.15) is 5.56 Å². The Morgan fingerprint density at radius 1 is 1.08 bits per heavy atom. The number of benzene rings is 1. The van der Waals surface area contributed by atoms with Gasteiger partial charge in [0, 0.05) is 17.8 Å². The van der Waals surface area contributed by atoms with Crippen LogP contribution in [-0.4, -0.2) is 25.8 Å². The Bertz CT molecular complexity index is 864. The minimum Gasteiger partial charge on any atom is -0.384 e. The van der Waals surface area contributed by atoms with Crippen LogP contribution < -0.4 is 16.8 Å². The van der Waals surface area contributed by atoms with Gasteiger partial charge in [0.2, 0.25) is 11.9 Å². The SMILES string of the molecule is NC(=O)Cc1ccc(-c2ccnc(Nc3cc(N)ncn3)n2)cc1. The van der Waals surface area contributed by atoms with E-state index in [1.54, 1.807) is 18.3 Å². The van der Waals surface area contributed by atoms with Gasteiger partial charge in [-0.25, -0.2) is 19.9 Å². The molecule has 0 fully saturated rings. The van der Waals surface area contributed by atoms with Gasteiger partial charge >= 0.3 is 0 Å². The molecule has 0 saturated carbocycles. The van der Waals surface area contributed by atoms with Crippen molar-refractivity contribution in [3.05, 3.63) is 54.5 Å². The van der Waals surface area contributed by atoms with E-state index in [1.807, 2.05) is 24.3 Å². The maximum absolute atomic E-state index is 10.9. The lowest BCUT2D eigenvalue weighted by Crippen LogP contribution is -2.13. The standard InChI is InChI=1S/C16H15N7O/c17-13-8-15(21-9-20-13)23-16-19-6-5-12(22-16)11-3-1-10(2-4-11)7-14(18)24/h1-6,8-9H,7H2,(H2,18,24)(H3,17,19,20,21,22,23). The summed E-state index contributed by atoms with van der Waals surface area (Å²) >= 11 is 0. The molecule has 5 N–H and O–H groups in total. The van der Waals surface area contributed by atoms with E-state index in [2.05, 4.69) is 25.3 Å². The number of rotatable bonds is 5. The first kappa shape index (κ1) is 15.3. The number of nitrogens with two attached hydrogens (primary N) is 2. The smallest absolute Gasteiger partial charge is 0.228 e. The van der Waals surface area contributed by atoms with Gasteiger partial charge in [-0.05, 0) is 11.6 Å². The van der Waals surface area contributed by atoms with Gasteiger partial charge in [-0.3, -0.25) is 4.79 Å². The average Bonchev–Trinajstić information content (AvgIpc) is 2.55. The third-order valence-corrected chi connectivity index (χ3v) is 3.21. The molecular weight excluding hydrogens is 306 g/mol. The highest BCUT2D eigenvalue weighted by Gasteiger charge is 2.05. The van der Waals surface area contributed by atoms with Gasteiger partial charge in [-0.2, -0.15) is 0 Å². The summed E-state index contributed by atoms with van der Waals surface area (Å²) in [5.74, 6) is 0.900. The lowest BCUT2D eigenvalue weighted by molar-refractivity contribution is -0.117. The summed E-state index contributed by atoms with van der Waals surface area (Å²) in [5.41, 5.74) is 13.3. The van der Waals surface area contributed by atoms with Gasteiger partial charge in [-0.15, -0.1) is 0 Å². The summed E-state index contributed by atoms with van der Waals surface area (Å²) in [6.45, 7) is 0. The van der Waals surface area contributed by atoms with Crippen LogP contribution in [0.4, 0.5) is 17.6 Å². The molecule has 0 bridgehead atoms. The second-order valence-electron chi connectivity index (χ2n) is 5.06. The number of anilines is 3. The van der Waals surface area contributed by atoms with Crippen LogP contribution in [0.2, 0.25) is 0 Å². The Hall–Kier alpha value is -3.55. The molecule has 0 saturated heterocycles. The fourth-order valence-electron chi connectivity index (χ4n) is 2.13. The van der Waals surface area contributed by atoms with Crippen molar-refractivity contribution in [2.45, 2.75) is 6.42 Å². The van der Waals surface area contributed by atoms with E-state index in [9.17, 15) is 4.79 Å². The van der Waals surface area contributed by atoms with Gasteiger partial charge in [0.1, 0.15) is 18.0 Å². The predicted octanol–water partition coefficient (Wildman–Crippen LogP) is 1.29. The van der Waals surface area contributed by atoms with Crippen LogP contribution in [0.25, 0.3) is 11.3 Å². The van der Waals surface area contributed by atoms with Gasteiger partial charge in [0.05, 0.1) is 12.1 Å². The molecule has 0 radical (unpaired) electrons. The molecule has 3 rings (SSSR count). The topological polar surface area (TPSA) is 133 Å². The summed E-state index contributed by atoms with van der Waals surface area (Å²) in [6.07, 6.45) is 3.22. The van der Waals surface area contributed by atoms with Crippen molar-refractivity contribution in [3.63, 3.8) is 0 Å². The van der Waals surface area contributed by atoms with E-state index >= 15 is 0 Å². The minimum absolute atomic E-state index is 0.214. The monoisotopic (exact) mass is 321 g/mol.